The maximum absolute atomic E-state index is 12.3. The Bertz CT molecular complexity index is 500. The van der Waals surface area contributed by atoms with Crippen LogP contribution >= 0.6 is 15.9 Å². The van der Waals surface area contributed by atoms with Gasteiger partial charge in [0.2, 0.25) is 0 Å². The van der Waals surface area contributed by atoms with E-state index in [1.165, 1.54) is 19.2 Å². The summed E-state index contributed by atoms with van der Waals surface area (Å²) < 4.78 is 33.4. The van der Waals surface area contributed by atoms with Crippen molar-refractivity contribution in [2.75, 3.05) is 7.11 Å². The van der Waals surface area contributed by atoms with Crippen molar-refractivity contribution in [2.24, 2.45) is 0 Å². The van der Waals surface area contributed by atoms with Crippen molar-refractivity contribution in [3.63, 3.8) is 0 Å². The molecule has 0 aliphatic rings. The molecule has 0 aliphatic heterocycles. The summed E-state index contributed by atoms with van der Waals surface area (Å²) in [5.41, 5.74) is 0.155. The van der Waals surface area contributed by atoms with Crippen LogP contribution in [-0.2, 0) is 10.1 Å². The van der Waals surface area contributed by atoms with Crippen molar-refractivity contribution in [2.45, 2.75) is 11.9 Å². The number of nitriles is 1. The molecule has 1 aromatic rings. The van der Waals surface area contributed by atoms with E-state index in [-0.39, 0.29) is 27.8 Å². The predicted octanol–water partition coefficient (Wildman–Crippen LogP) is 2.84. The van der Waals surface area contributed by atoms with E-state index in [2.05, 4.69) is 25.4 Å². The molecule has 96 valence electrons. The third kappa shape index (κ3) is 2.96. The first-order chi connectivity index (χ1) is 8.54. The number of ether oxygens (including phenoxy) is 2. The van der Waals surface area contributed by atoms with Gasteiger partial charge in [-0.2, -0.15) is 14.0 Å². The van der Waals surface area contributed by atoms with E-state index in [9.17, 15) is 13.6 Å². The van der Waals surface area contributed by atoms with E-state index in [0.717, 1.165) is 0 Å². The van der Waals surface area contributed by atoms with Crippen LogP contribution in [0.4, 0.5) is 8.78 Å². The van der Waals surface area contributed by atoms with Crippen LogP contribution in [0.25, 0.3) is 0 Å². The van der Waals surface area contributed by atoms with Gasteiger partial charge in [0.25, 0.3) is 0 Å². The topological polar surface area (TPSA) is 59.3 Å². The average Bonchev–Trinajstić information content (AvgIpc) is 2.36. The first kappa shape index (κ1) is 14.4. The number of benzene rings is 1. The highest BCUT2D eigenvalue weighted by Crippen LogP contribution is 2.31. The van der Waals surface area contributed by atoms with Gasteiger partial charge >= 0.3 is 12.6 Å². The summed E-state index contributed by atoms with van der Waals surface area (Å²) in [4.78, 5) is 11.5. The molecule has 0 amide bonds. The molecule has 0 radical (unpaired) electrons. The smallest absolute Gasteiger partial charge is 0.387 e. The molecule has 0 heterocycles. The summed E-state index contributed by atoms with van der Waals surface area (Å²) in [7, 11) is 1.17. The Labute approximate surface area is 110 Å². The fourth-order valence-corrected chi connectivity index (χ4v) is 1.93. The fourth-order valence-electron chi connectivity index (χ4n) is 1.37. The van der Waals surface area contributed by atoms with Gasteiger partial charge in [-0.1, -0.05) is 15.9 Å². The molecule has 0 saturated heterocycles. The molecular weight excluding hydrogens is 312 g/mol. The molecule has 0 fully saturated rings. The SMILES string of the molecule is COC(=O)c1ccc(C#N)c(OC(F)F)c1CBr. The molecule has 1 aromatic carbocycles. The van der Waals surface area contributed by atoms with E-state index in [1.54, 1.807) is 6.07 Å². The fraction of sp³-hybridized carbons (Fsp3) is 0.273. The van der Waals surface area contributed by atoms with Crippen LogP contribution in [0.15, 0.2) is 12.1 Å². The summed E-state index contributed by atoms with van der Waals surface area (Å²) >= 11 is 3.07. The molecule has 18 heavy (non-hydrogen) atoms. The third-order valence-corrected chi connectivity index (χ3v) is 2.69. The molecule has 7 heteroatoms. The van der Waals surface area contributed by atoms with Gasteiger partial charge in [-0.05, 0) is 12.1 Å². The van der Waals surface area contributed by atoms with Crippen molar-refractivity contribution in [3.8, 4) is 11.8 Å². The van der Waals surface area contributed by atoms with E-state index in [1.807, 2.05) is 0 Å². The number of methoxy groups -OCH3 is 1. The van der Waals surface area contributed by atoms with Crippen molar-refractivity contribution < 1.29 is 23.0 Å². The van der Waals surface area contributed by atoms with Crippen LogP contribution in [0, 0.1) is 11.3 Å². The molecule has 0 N–H and O–H groups in total. The standard InChI is InChI=1S/C11H8BrF2NO3/c1-17-10(16)7-3-2-6(5-15)9(8(7)4-12)18-11(13)14/h2-3,11H,4H2,1H3. The van der Waals surface area contributed by atoms with Gasteiger partial charge in [-0.15, -0.1) is 0 Å². The van der Waals surface area contributed by atoms with Crippen LogP contribution in [0.5, 0.6) is 5.75 Å². The van der Waals surface area contributed by atoms with Gasteiger partial charge in [0.05, 0.1) is 18.2 Å². The quantitative estimate of drug-likeness (QED) is 0.632. The minimum Gasteiger partial charge on any atom is -0.465 e. The number of carbonyl (C=O) groups is 1. The molecule has 0 spiro atoms. The number of nitrogens with zero attached hydrogens (tertiary/aromatic N) is 1. The van der Waals surface area contributed by atoms with Gasteiger partial charge in [-0.25, -0.2) is 4.79 Å². The average molecular weight is 320 g/mol. The minimum atomic E-state index is -3.08. The van der Waals surface area contributed by atoms with E-state index < -0.39 is 12.6 Å². The Kier molecular flexibility index (Phi) is 5.04. The zero-order valence-electron chi connectivity index (χ0n) is 9.25. The number of halogens is 3. The van der Waals surface area contributed by atoms with E-state index in [0.29, 0.717) is 0 Å². The highest BCUT2D eigenvalue weighted by atomic mass is 79.9. The van der Waals surface area contributed by atoms with Crippen LogP contribution in [0.1, 0.15) is 21.5 Å². The number of esters is 1. The Morgan fingerprint density at radius 1 is 1.56 bits per heavy atom. The number of hydrogen-bond acceptors (Lipinski definition) is 4. The van der Waals surface area contributed by atoms with Crippen LogP contribution in [-0.4, -0.2) is 19.7 Å². The monoisotopic (exact) mass is 319 g/mol. The van der Waals surface area contributed by atoms with Gasteiger partial charge in [0, 0.05) is 10.9 Å². The third-order valence-electron chi connectivity index (χ3n) is 2.13. The lowest BCUT2D eigenvalue weighted by Gasteiger charge is -2.13. The molecule has 1 rings (SSSR count). The summed E-state index contributed by atoms with van der Waals surface area (Å²) in [6, 6.07) is 4.29. The number of alkyl halides is 3. The lowest BCUT2D eigenvalue weighted by atomic mass is 10.0. The summed E-state index contributed by atoms with van der Waals surface area (Å²) in [6.45, 7) is -3.08. The molecule has 0 atom stereocenters. The Morgan fingerprint density at radius 3 is 2.67 bits per heavy atom. The lowest BCUT2D eigenvalue weighted by molar-refractivity contribution is -0.0506. The maximum Gasteiger partial charge on any atom is 0.387 e. The van der Waals surface area contributed by atoms with E-state index >= 15 is 0 Å². The zero-order chi connectivity index (χ0) is 13.7. The van der Waals surface area contributed by atoms with Gasteiger partial charge in [0.15, 0.2) is 0 Å². The Morgan fingerprint density at radius 2 is 2.22 bits per heavy atom. The number of carbonyl (C=O) groups excluding carboxylic acids is 1. The number of rotatable bonds is 4. The van der Waals surface area contributed by atoms with E-state index in [4.69, 9.17) is 5.26 Å². The second-order valence-corrected chi connectivity index (χ2v) is 3.64. The van der Waals surface area contributed by atoms with Crippen LogP contribution in [0.2, 0.25) is 0 Å². The maximum atomic E-state index is 12.3. The molecular formula is C11H8BrF2NO3. The lowest BCUT2D eigenvalue weighted by Crippen LogP contribution is -2.11. The van der Waals surface area contributed by atoms with Crippen molar-refractivity contribution >= 4 is 21.9 Å². The van der Waals surface area contributed by atoms with Gasteiger partial charge in [0.1, 0.15) is 11.8 Å². The zero-order valence-corrected chi connectivity index (χ0v) is 10.8. The minimum absolute atomic E-state index is 0.0718. The Balaban J connectivity index is 3.42. The molecule has 0 saturated carbocycles. The molecule has 0 aromatic heterocycles. The summed E-state index contributed by atoms with van der Waals surface area (Å²) in [5, 5.41) is 8.91. The molecule has 0 bridgehead atoms. The molecule has 0 aliphatic carbocycles. The highest BCUT2D eigenvalue weighted by Gasteiger charge is 2.21. The van der Waals surface area contributed by atoms with Crippen LogP contribution < -0.4 is 4.74 Å². The second-order valence-electron chi connectivity index (χ2n) is 3.08. The summed E-state index contributed by atoms with van der Waals surface area (Å²) in [5.74, 6) is -1.000. The van der Waals surface area contributed by atoms with Crippen molar-refractivity contribution in [1.29, 1.82) is 5.26 Å². The molecule has 0 unspecified atom stereocenters. The Hall–Kier alpha value is -1.68. The van der Waals surface area contributed by atoms with Crippen molar-refractivity contribution in [3.05, 3.63) is 28.8 Å². The predicted molar refractivity (Wildman–Crippen MR) is 61.8 cm³/mol. The van der Waals surface area contributed by atoms with Gasteiger partial charge < -0.3 is 9.47 Å². The molecule has 4 nitrogen and oxygen atoms in total. The first-order valence-electron chi connectivity index (χ1n) is 4.70. The van der Waals surface area contributed by atoms with Gasteiger partial charge in [-0.3, -0.25) is 0 Å². The number of hydrogen-bond donors (Lipinski definition) is 0. The summed E-state index contributed by atoms with van der Waals surface area (Å²) in [6.07, 6.45) is 0. The normalized spacial score (nSPS) is 10.0. The highest BCUT2D eigenvalue weighted by molar-refractivity contribution is 9.08. The second kappa shape index (κ2) is 6.31. The first-order valence-corrected chi connectivity index (χ1v) is 5.82. The van der Waals surface area contributed by atoms with Crippen molar-refractivity contribution in [1.82, 2.24) is 0 Å². The van der Waals surface area contributed by atoms with Crippen LogP contribution in [0.3, 0.4) is 0 Å². The largest absolute Gasteiger partial charge is 0.465 e.